The van der Waals surface area contributed by atoms with Crippen molar-refractivity contribution in [3.63, 3.8) is 0 Å². The first-order chi connectivity index (χ1) is 12.2. The highest BCUT2D eigenvalue weighted by atomic mass is 32.1. The molecule has 2 aromatic carbocycles. The van der Waals surface area contributed by atoms with Gasteiger partial charge in [0.1, 0.15) is 5.01 Å². The molecule has 1 aliphatic rings. The van der Waals surface area contributed by atoms with Gasteiger partial charge < -0.3 is 19.4 Å². The van der Waals surface area contributed by atoms with E-state index in [9.17, 15) is 9.90 Å². The average Bonchev–Trinajstić information content (AvgIpc) is 3.24. The van der Waals surface area contributed by atoms with Gasteiger partial charge in [0, 0.05) is 5.97 Å². The molecule has 126 valence electrons. The topological polar surface area (TPSA) is 71.5 Å². The molecule has 2 heterocycles. The fraction of sp³-hybridized carbons (Fsp3) is 0.158. The highest BCUT2D eigenvalue weighted by Crippen LogP contribution is 2.35. The summed E-state index contributed by atoms with van der Waals surface area (Å²) in [5.41, 5.74) is 2.69. The summed E-state index contributed by atoms with van der Waals surface area (Å²) < 4.78 is 11.8. The van der Waals surface area contributed by atoms with Crippen molar-refractivity contribution in [3.8, 4) is 11.5 Å². The Morgan fingerprint density at radius 3 is 2.84 bits per heavy atom. The second-order valence-corrected chi connectivity index (χ2v) is 6.67. The Kier molecular flexibility index (Phi) is 4.11. The Morgan fingerprint density at radius 2 is 2.00 bits per heavy atom. The molecule has 3 aromatic rings. The molecule has 0 amide bonds. The van der Waals surface area contributed by atoms with Crippen molar-refractivity contribution < 1.29 is 19.4 Å². The van der Waals surface area contributed by atoms with E-state index in [1.165, 1.54) is 0 Å². The first-order valence-corrected chi connectivity index (χ1v) is 8.67. The molecule has 5 nitrogen and oxygen atoms in total. The fourth-order valence-corrected chi connectivity index (χ4v) is 3.70. The molecular formula is C19H14NO4S-. The van der Waals surface area contributed by atoms with Crippen LogP contribution in [0, 0.1) is 0 Å². The minimum Gasteiger partial charge on any atom is -0.550 e. The number of aliphatic carboxylic acids is 1. The van der Waals surface area contributed by atoms with Crippen LogP contribution in [0.4, 0.5) is 0 Å². The van der Waals surface area contributed by atoms with Crippen molar-refractivity contribution in [2.45, 2.75) is 12.8 Å². The molecule has 6 heteroatoms. The quantitative estimate of drug-likeness (QED) is 0.706. The predicted molar refractivity (Wildman–Crippen MR) is 94.3 cm³/mol. The van der Waals surface area contributed by atoms with E-state index in [0.29, 0.717) is 17.9 Å². The number of ether oxygens (including phenoxy) is 2. The summed E-state index contributed by atoms with van der Waals surface area (Å²) in [5, 5.41) is 11.7. The van der Waals surface area contributed by atoms with E-state index in [0.717, 1.165) is 26.4 Å². The Labute approximate surface area is 148 Å². The molecule has 0 spiro atoms. The molecule has 0 N–H and O–H groups in total. The van der Waals surface area contributed by atoms with Gasteiger partial charge in [-0.1, -0.05) is 18.2 Å². The van der Waals surface area contributed by atoms with Crippen molar-refractivity contribution in [3.05, 3.63) is 53.0 Å². The average molecular weight is 352 g/mol. The number of fused-ring (bicyclic) bond motifs is 2. The van der Waals surface area contributed by atoms with Crippen molar-refractivity contribution in [2.24, 2.45) is 0 Å². The van der Waals surface area contributed by atoms with E-state index in [-0.39, 0.29) is 13.2 Å². The molecule has 0 atom stereocenters. The number of carboxylic acid groups (broad SMARTS) is 1. The number of allylic oxidation sites excluding steroid dienone is 1. The molecule has 0 unspecified atom stereocenters. The van der Waals surface area contributed by atoms with Gasteiger partial charge >= 0.3 is 0 Å². The van der Waals surface area contributed by atoms with Gasteiger partial charge in [-0.3, -0.25) is 0 Å². The lowest BCUT2D eigenvalue weighted by molar-refractivity contribution is -0.305. The summed E-state index contributed by atoms with van der Waals surface area (Å²) >= 11 is 1.55. The van der Waals surface area contributed by atoms with Crippen LogP contribution in [-0.2, 0) is 4.79 Å². The van der Waals surface area contributed by atoms with Crippen LogP contribution >= 0.6 is 11.3 Å². The molecule has 0 bridgehead atoms. The number of aromatic nitrogens is 1. The lowest BCUT2D eigenvalue weighted by Crippen LogP contribution is -2.21. The zero-order chi connectivity index (χ0) is 17.2. The van der Waals surface area contributed by atoms with Crippen LogP contribution in [0.1, 0.15) is 23.4 Å². The van der Waals surface area contributed by atoms with Crippen LogP contribution in [0.2, 0.25) is 0 Å². The molecule has 0 saturated heterocycles. The molecule has 25 heavy (non-hydrogen) atoms. The van der Waals surface area contributed by atoms with Gasteiger partial charge in [0.15, 0.2) is 11.5 Å². The van der Waals surface area contributed by atoms with Crippen LogP contribution in [0.3, 0.4) is 0 Å². The minimum absolute atomic E-state index is 0.0493. The third-order valence-electron chi connectivity index (χ3n) is 3.90. The summed E-state index contributed by atoms with van der Waals surface area (Å²) in [5.74, 6) is 0.337. The number of nitrogens with zero attached hydrogens (tertiary/aromatic N) is 1. The number of thiazole rings is 1. The van der Waals surface area contributed by atoms with Crippen LogP contribution in [0.5, 0.6) is 11.5 Å². The fourth-order valence-electron chi connectivity index (χ4n) is 2.69. The largest absolute Gasteiger partial charge is 0.550 e. The molecule has 4 rings (SSSR count). The number of hydrogen-bond acceptors (Lipinski definition) is 6. The zero-order valence-corrected chi connectivity index (χ0v) is 14.0. The molecule has 0 radical (unpaired) electrons. The smallest absolute Gasteiger partial charge is 0.231 e. The van der Waals surface area contributed by atoms with E-state index in [1.54, 1.807) is 11.3 Å². The van der Waals surface area contributed by atoms with Crippen molar-refractivity contribution in [1.82, 2.24) is 4.98 Å². The second kappa shape index (κ2) is 6.57. The van der Waals surface area contributed by atoms with Crippen LogP contribution < -0.4 is 14.6 Å². The zero-order valence-electron chi connectivity index (χ0n) is 13.2. The summed E-state index contributed by atoms with van der Waals surface area (Å²) in [4.78, 5) is 15.6. The monoisotopic (exact) mass is 352 g/mol. The number of carbonyl (C=O) groups is 1. The number of para-hydroxylation sites is 1. The molecule has 1 aromatic heterocycles. The van der Waals surface area contributed by atoms with E-state index in [2.05, 4.69) is 4.98 Å². The molecule has 1 aliphatic heterocycles. The van der Waals surface area contributed by atoms with Crippen LogP contribution in [0.15, 0.2) is 42.5 Å². The maximum absolute atomic E-state index is 10.9. The van der Waals surface area contributed by atoms with Crippen LogP contribution in [-0.4, -0.2) is 17.7 Å². The standard InChI is InChI=1S/C19H15NO4S/c21-18(22)8-6-13(19-20-14-3-1-2-4-17(14)25-19)9-12-5-7-15-16(10-12)24-11-23-15/h1-5,7,9-10H,6,8,11H2,(H,21,22)/p-1/b13-9+. The summed E-state index contributed by atoms with van der Waals surface area (Å²) in [7, 11) is 0. The third-order valence-corrected chi connectivity index (χ3v) is 5.02. The first-order valence-electron chi connectivity index (χ1n) is 7.85. The van der Waals surface area contributed by atoms with Gasteiger partial charge in [-0.25, -0.2) is 4.98 Å². The van der Waals surface area contributed by atoms with Gasteiger partial charge in [-0.05, 0) is 54.3 Å². The lowest BCUT2D eigenvalue weighted by Gasteiger charge is -2.06. The van der Waals surface area contributed by atoms with Gasteiger partial charge in [0.25, 0.3) is 0 Å². The predicted octanol–water partition coefficient (Wildman–Crippen LogP) is 3.10. The van der Waals surface area contributed by atoms with Gasteiger partial charge in [0.2, 0.25) is 6.79 Å². The molecule has 0 saturated carbocycles. The van der Waals surface area contributed by atoms with Crippen LogP contribution in [0.25, 0.3) is 21.9 Å². The van der Waals surface area contributed by atoms with Gasteiger partial charge in [-0.15, -0.1) is 11.3 Å². The SMILES string of the molecule is O=C([O-])CC/C(=C\c1ccc2c(c1)OCO2)c1nc2ccccc2s1. The first kappa shape index (κ1) is 15.7. The number of carboxylic acids is 1. The Morgan fingerprint density at radius 1 is 1.16 bits per heavy atom. The third kappa shape index (κ3) is 3.34. The number of benzene rings is 2. The summed E-state index contributed by atoms with van der Waals surface area (Å²) in [6.07, 6.45) is 2.26. The van der Waals surface area contributed by atoms with Crippen molar-refractivity contribution >= 4 is 39.2 Å². The maximum Gasteiger partial charge on any atom is 0.231 e. The summed E-state index contributed by atoms with van der Waals surface area (Å²) in [6, 6.07) is 13.5. The van der Waals surface area contributed by atoms with E-state index in [4.69, 9.17) is 9.47 Å². The number of rotatable bonds is 5. The molecular weight excluding hydrogens is 338 g/mol. The maximum atomic E-state index is 10.9. The van der Waals surface area contributed by atoms with Crippen molar-refractivity contribution in [2.75, 3.05) is 6.79 Å². The molecule has 0 aliphatic carbocycles. The normalized spacial score (nSPS) is 13.4. The second-order valence-electron chi connectivity index (χ2n) is 5.64. The van der Waals surface area contributed by atoms with E-state index < -0.39 is 5.97 Å². The Balaban J connectivity index is 1.73. The van der Waals surface area contributed by atoms with Crippen molar-refractivity contribution in [1.29, 1.82) is 0 Å². The van der Waals surface area contributed by atoms with E-state index in [1.807, 2.05) is 48.5 Å². The number of hydrogen-bond donors (Lipinski definition) is 0. The number of carbonyl (C=O) groups excluding carboxylic acids is 1. The highest BCUT2D eigenvalue weighted by molar-refractivity contribution is 7.19. The molecule has 0 fully saturated rings. The Hall–Kier alpha value is -2.86. The van der Waals surface area contributed by atoms with Gasteiger partial charge in [0.05, 0.1) is 10.2 Å². The Bertz CT molecular complexity index is 943. The highest BCUT2D eigenvalue weighted by Gasteiger charge is 2.14. The van der Waals surface area contributed by atoms with E-state index >= 15 is 0 Å². The van der Waals surface area contributed by atoms with Gasteiger partial charge in [-0.2, -0.15) is 0 Å². The minimum atomic E-state index is -1.07. The summed E-state index contributed by atoms with van der Waals surface area (Å²) in [6.45, 7) is 0.220. The lowest BCUT2D eigenvalue weighted by atomic mass is 10.1.